The van der Waals surface area contributed by atoms with Crippen LogP contribution in [0.1, 0.15) is 22.3 Å². The third-order valence-electron chi connectivity index (χ3n) is 5.46. The molecule has 4 aromatic rings. The van der Waals surface area contributed by atoms with Crippen molar-refractivity contribution in [2.75, 3.05) is 0 Å². The minimum atomic E-state index is -0.517. The number of hydrogen-bond acceptors (Lipinski definition) is 5. The Bertz CT molecular complexity index is 1410. The highest BCUT2D eigenvalue weighted by atomic mass is 35.5. The SMILES string of the molecule is O=C1OC(c2ccc(Cl)cc2)=N/C1=C\c1ccc(OCc2ccccc2)c(OCc2ccccc2)c1. The van der Waals surface area contributed by atoms with Crippen LogP contribution in [0.3, 0.4) is 0 Å². The molecule has 0 saturated carbocycles. The van der Waals surface area contributed by atoms with Crippen LogP contribution in [-0.4, -0.2) is 11.9 Å². The fourth-order valence-corrected chi connectivity index (χ4v) is 3.73. The third kappa shape index (κ3) is 5.82. The Hall–Kier alpha value is -4.35. The maximum atomic E-state index is 12.5. The summed E-state index contributed by atoms with van der Waals surface area (Å²) in [7, 11) is 0. The topological polar surface area (TPSA) is 57.1 Å². The number of benzene rings is 4. The summed E-state index contributed by atoms with van der Waals surface area (Å²) in [6, 6.07) is 32.3. The molecule has 6 heteroatoms. The molecule has 0 N–H and O–H groups in total. The van der Waals surface area contributed by atoms with Gasteiger partial charge >= 0.3 is 5.97 Å². The van der Waals surface area contributed by atoms with E-state index in [0.717, 1.165) is 16.7 Å². The molecule has 0 saturated heterocycles. The standard InChI is InChI=1S/C30H22ClNO4/c31-25-14-12-24(13-15-25)29-32-26(30(33)36-29)17-23-11-16-27(34-19-21-7-3-1-4-8-21)28(18-23)35-20-22-9-5-2-6-10-22/h1-18H,19-20H2/b26-17-. The van der Waals surface area contributed by atoms with Crippen LogP contribution in [0.25, 0.3) is 6.08 Å². The first kappa shape index (κ1) is 23.4. The Labute approximate surface area is 214 Å². The van der Waals surface area contributed by atoms with Crippen molar-refractivity contribution in [3.05, 3.63) is 136 Å². The number of hydrogen-bond donors (Lipinski definition) is 0. The van der Waals surface area contributed by atoms with Gasteiger partial charge in [0.1, 0.15) is 13.2 Å². The molecular formula is C30H22ClNO4. The van der Waals surface area contributed by atoms with Crippen LogP contribution in [0.4, 0.5) is 0 Å². The minimum Gasteiger partial charge on any atom is -0.485 e. The van der Waals surface area contributed by atoms with E-state index < -0.39 is 5.97 Å². The second-order valence-electron chi connectivity index (χ2n) is 8.10. The molecule has 0 unspecified atom stereocenters. The molecular weight excluding hydrogens is 474 g/mol. The summed E-state index contributed by atoms with van der Waals surface area (Å²) in [5, 5.41) is 0.594. The highest BCUT2D eigenvalue weighted by Gasteiger charge is 2.24. The minimum absolute atomic E-state index is 0.201. The first-order valence-electron chi connectivity index (χ1n) is 11.4. The van der Waals surface area contributed by atoms with E-state index in [0.29, 0.717) is 35.3 Å². The Morgan fingerprint density at radius 3 is 2.00 bits per heavy atom. The van der Waals surface area contributed by atoms with E-state index in [1.54, 1.807) is 30.3 Å². The van der Waals surface area contributed by atoms with Crippen LogP contribution in [0.15, 0.2) is 114 Å². The van der Waals surface area contributed by atoms with E-state index in [-0.39, 0.29) is 11.6 Å². The largest absolute Gasteiger partial charge is 0.485 e. The number of rotatable bonds is 8. The Balaban J connectivity index is 1.40. The number of nitrogens with zero attached hydrogens (tertiary/aromatic N) is 1. The summed E-state index contributed by atoms with van der Waals surface area (Å²) in [4.78, 5) is 16.8. The molecule has 0 spiro atoms. The van der Waals surface area contributed by atoms with Gasteiger partial charge in [0.2, 0.25) is 5.90 Å². The zero-order valence-electron chi connectivity index (χ0n) is 19.3. The molecule has 0 aromatic heterocycles. The maximum absolute atomic E-state index is 12.5. The predicted molar refractivity (Wildman–Crippen MR) is 140 cm³/mol. The second-order valence-corrected chi connectivity index (χ2v) is 8.53. The number of carbonyl (C=O) groups excluding carboxylic acids is 1. The molecule has 0 amide bonds. The van der Waals surface area contributed by atoms with Gasteiger partial charge < -0.3 is 14.2 Å². The first-order valence-corrected chi connectivity index (χ1v) is 11.8. The zero-order valence-corrected chi connectivity index (χ0v) is 20.0. The van der Waals surface area contributed by atoms with Crippen LogP contribution in [0, 0.1) is 0 Å². The third-order valence-corrected chi connectivity index (χ3v) is 5.71. The fraction of sp³-hybridized carbons (Fsp3) is 0.0667. The van der Waals surface area contributed by atoms with Crippen molar-refractivity contribution in [1.29, 1.82) is 0 Å². The fourth-order valence-electron chi connectivity index (χ4n) is 3.60. The van der Waals surface area contributed by atoms with E-state index in [1.165, 1.54) is 0 Å². The van der Waals surface area contributed by atoms with Crippen LogP contribution >= 0.6 is 11.6 Å². The Kier molecular flexibility index (Phi) is 7.10. The van der Waals surface area contributed by atoms with Gasteiger partial charge in [-0.25, -0.2) is 9.79 Å². The van der Waals surface area contributed by atoms with Gasteiger partial charge in [-0.1, -0.05) is 78.3 Å². The van der Waals surface area contributed by atoms with E-state index >= 15 is 0 Å². The molecule has 0 atom stereocenters. The maximum Gasteiger partial charge on any atom is 0.363 e. The molecule has 4 aromatic carbocycles. The lowest BCUT2D eigenvalue weighted by Gasteiger charge is -2.14. The van der Waals surface area contributed by atoms with Gasteiger partial charge in [-0.2, -0.15) is 0 Å². The quantitative estimate of drug-likeness (QED) is 0.198. The summed E-state index contributed by atoms with van der Waals surface area (Å²) in [6.45, 7) is 0.785. The summed E-state index contributed by atoms with van der Waals surface area (Å²) < 4.78 is 17.6. The number of cyclic esters (lactones) is 1. The zero-order chi connectivity index (χ0) is 24.7. The number of esters is 1. The number of halogens is 1. The van der Waals surface area contributed by atoms with E-state index in [2.05, 4.69) is 4.99 Å². The summed E-state index contributed by atoms with van der Waals surface area (Å²) >= 11 is 5.95. The highest BCUT2D eigenvalue weighted by molar-refractivity contribution is 6.30. The van der Waals surface area contributed by atoms with Crippen LogP contribution < -0.4 is 9.47 Å². The Morgan fingerprint density at radius 1 is 0.750 bits per heavy atom. The van der Waals surface area contributed by atoms with Crippen molar-refractivity contribution in [2.24, 2.45) is 4.99 Å². The first-order chi connectivity index (χ1) is 17.6. The van der Waals surface area contributed by atoms with Crippen molar-refractivity contribution >= 4 is 29.5 Å². The normalized spacial score (nSPS) is 13.9. The van der Waals surface area contributed by atoms with Crippen molar-refractivity contribution < 1.29 is 19.0 Å². The van der Waals surface area contributed by atoms with Crippen LogP contribution in [-0.2, 0) is 22.7 Å². The smallest absolute Gasteiger partial charge is 0.363 e. The van der Waals surface area contributed by atoms with Crippen molar-refractivity contribution in [3.63, 3.8) is 0 Å². The molecule has 1 heterocycles. The van der Waals surface area contributed by atoms with E-state index in [9.17, 15) is 4.79 Å². The molecule has 5 nitrogen and oxygen atoms in total. The predicted octanol–water partition coefficient (Wildman–Crippen LogP) is 6.84. The number of ether oxygens (including phenoxy) is 3. The average Bonchev–Trinajstić information content (AvgIpc) is 3.28. The van der Waals surface area contributed by atoms with Gasteiger partial charge in [0.25, 0.3) is 0 Å². The highest BCUT2D eigenvalue weighted by Crippen LogP contribution is 2.31. The second kappa shape index (κ2) is 10.9. The van der Waals surface area contributed by atoms with E-state index in [4.69, 9.17) is 25.8 Å². The van der Waals surface area contributed by atoms with Crippen molar-refractivity contribution in [2.45, 2.75) is 13.2 Å². The number of aliphatic imine (C=N–C) groups is 1. The lowest BCUT2D eigenvalue weighted by molar-refractivity contribution is -0.129. The van der Waals surface area contributed by atoms with Gasteiger partial charge in [-0.3, -0.25) is 0 Å². The lowest BCUT2D eigenvalue weighted by atomic mass is 10.1. The molecule has 178 valence electrons. The van der Waals surface area contributed by atoms with Gasteiger partial charge in [-0.15, -0.1) is 0 Å². The molecule has 0 bridgehead atoms. The van der Waals surface area contributed by atoms with Gasteiger partial charge in [0.05, 0.1) is 0 Å². The molecule has 0 aliphatic carbocycles. The lowest BCUT2D eigenvalue weighted by Crippen LogP contribution is -2.05. The van der Waals surface area contributed by atoms with Crippen LogP contribution in [0.5, 0.6) is 11.5 Å². The molecule has 36 heavy (non-hydrogen) atoms. The number of carbonyl (C=O) groups is 1. The van der Waals surface area contributed by atoms with Crippen molar-refractivity contribution in [3.8, 4) is 11.5 Å². The van der Waals surface area contributed by atoms with Crippen molar-refractivity contribution in [1.82, 2.24) is 0 Å². The Morgan fingerprint density at radius 2 is 1.36 bits per heavy atom. The van der Waals surface area contributed by atoms with Gasteiger partial charge in [0.15, 0.2) is 17.2 Å². The molecule has 5 rings (SSSR count). The molecule has 1 aliphatic heterocycles. The summed E-state index contributed by atoms with van der Waals surface area (Å²) in [5.74, 6) is 0.899. The van der Waals surface area contributed by atoms with Crippen LogP contribution in [0.2, 0.25) is 5.02 Å². The van der Waals surface area contributed by atoms with E-state index in [1.807, 2.05) is 78.9 Å². The molecule has 1 aliphatic rings. The summed E-state index contributed by atoms with van der Waals surface area (Å²) in [6.07, 6.45) is 1.67. The molecule has 0 fully saturated rings. The molecule has 0 radical (unpaired) electrons. The average molecular weight is 496 g/mol. The van der Waals surface area contributed by atoms with Gasteiger partial charge in [0, 0.05) is 10.6 Å². The van der Waals surface area contributed by atoms with Gasteiger partial charge in [-0.05, 0) is 59.2 Å². The summed E-state index contributed by atoms with van der Waals surface area (Å²) in [5.41, 5.74) is 3.69. The monoisotopic (exact) mass is 495 g/mol.